The maximum absolute atomic E-state index is 2.62. The van der Waals surface area contributed by atoms with E-state index in [1.807, 2.05) is 9.80 Å². The zero-order valence-corrected chi connectivity index (χ0v) is 10.9. The summed E-state index contributed by atoms with van der Waals surface area (Å²) in [6.45, 7) is 12.1. The fraction of sp³-hybridized carbons (Fsp3) is 1.00. The average Bonchev–Trinajstić information content (AvgIpc) is 2.59. The van der Waals surface area contributed by atoms with Gasteiger partial charge in [-0.25, -0.2) is 0 Å². The minimum absolute atomic E-state index is 0.931. The maximum Gasteiger partial charge on any atom is 0.135 e. The van der Waals surface area contributed by atoms with Crippen LogP contribution >= 0.6 is 0 Å². The molecule has 94 valence electrons. The van der Waals surface area contributed by atoms with Crippen molar-refractivity contribution in [3.8, 4) is 0 Å². The molecule has 0 unspecified atom stereocenters. The Hall–Kier alpha value is -0.120. The van der Waals surface area contributed by atoms with E-state index >= 15 is 0 Å². The molecule has 1 atom stereocenters. The molecule has 0 amide bonds. The van der Waals surface area contributed by atoms with Crippen LogP contribution in [0.3, 0.4) is 0 Å². The molecule has 2 aliphatic rings. The lowest BCUT2D eigenvalue weighted by Gasteiger charge is -2.30. The monoisotopic (exact) mass is 228 g/mol. The van der Waals surface area contributed by atoms with E-state index in [0.29, 0.717) is 0 Å². The lowest BCUT2D eigenvalue weighted by molar-refractivity contribution is -1.02. The van der Waals surface area contributed by atoms with Gasteiger partial charge in [0.15, 0.2) is 0 Å². The van der Waals surface area contributed by atoms with E-state index in [0.717, 1.165) is 6.04 Å². The van der Waals surface area contributed by atoms with Crippen molar-refractivity contribution < 1.29 is 15.1 Å². The summed E-state index contributed by atoms with van der Waals surface area (Å²) in [6.07, 6.45) is 5.85. The molecule has 3 nitrogen and oxygen atoms in total. The largest absolute Gasteiger partial charge is 0.339 e. The summed E-state index contributed by atoms with van der Waals surface area (Å²) in [5.41, 5.74) is 0. The van der Waals surface area contributed by atoms with Gasteiger partial charge >= 0.3 is 0 Å². The minimum Gasteiger partial charge on any atom is -0.339 e. The molecule has 0 bridgehead atoms. The van der Waals surface area contributed by atoms with Crippen LogP contribution in [0.1, 0.15) is 32.6 Å². The van der Waals surface area contributed by atoms with Gasteiger partial charge in [0.1, 0.15) is 38.8 Å². The van der Waals surface area contributed by atoms with Gasteiger partial charge in [0.05, 0.1) is 13.1 Å². The van der Waals surface area contributed by atoms with E-state index in [-0.39, 0.29) is 0 Å². The van der Waals surface area contributed by atoms with Crippen molar-refractivity contribution in [2.24, 2.45) is 0 Å². The Labute approximate surface area is 100 Å². The van der Waals surface area contributed by atoms with E-state index < -0.39 is 0 Å². The number of hydrogen-bond donors (Lipinski definition) is 3. The first-order chi connectivity index (χ1) is 7.88. The molecule has 0 aromatic carbocycles. The Balaban J connectivity index is 1.69. The molecule has 2 aliphatic heterocycles. The maximum atomic E-state index is 2.62. The predicted octanol–water partition coefficient (Wildman–Crippen LogP) is -2.70. The number of quaternary nitrogens is 3. The normalized spacial score (nSPS) is 36.9. The number of rotatable bonds is 3. The molecule has 3 heteroatoms. The molecule has 2 heterocycles. The topological polar surface area (TPSA) is 25.5 Å². The molecule has 4 N–H and O–H groups in total. The van der Waals surface area contributed by atoms with Gasteiger partial charge in [-0.3, -0.25) is 0 Å². The fourth-order valence-corrected chi connectivity index (χ4v) is 3.27. The molecule has 2 fully saturated rings. The van der Waals surface area contributed by atoms with Crippen LogP contribution in [0, 0.1) is 0 Å². The minimum atomic E-state index is 0.931. The summed E-state index contributed by atoms with van der Waals surface area (Å²) < 4.78 is 0. The third-order valence-corrected chi connectivity index (χ3v) is 4.49. The SMILES string of the molecule is CC[NH+]1CC[NH+](C[C@H]2CCCCC[NH2+]2)CC1. The molecule has 0 spiro atoms. The molecule has 0 aromatic rings. The van der Waals surface area contributed by atoms with Crippen molar-refractivity contribution in [1.82, 2.24) is 0 Å². The summed E-state index contributed by atoms with van der Waals surface area (Å²) >= 11 is 0. The Morgan fingerprint density at radius 1 is 1.00 bits per heavy atom. The van der Waals surface area contributed by atoms with Crippen molar-refractivity contribution in [2.75, 3.05) is 45.8 Å². The summed E-state index contributed by atoms with van der Waals surface area (Å²) in [6, 6.07) is 0.931. The molecule has 0 aliphatic carbocycles. The number of hydrogen-bond acceptors (Lipinski definition) is 0. The highest BCUT2D eigenvalue weighted by molar-refractivity contribution is 4.57. The van der Waals surface area contributed by atoms with Crippen LogP contribution in [0.5, 0.6) is 0 Å². The van der Waals surface area contributed by atoms with Crippen LogP contribution in [-0.4, -0.2) is 51.9 Å². The molecule has 0 radical (unpaired) electrons. The third kappa shape index (κ3) is 3.72. The van der Waals surface area contributed by atoms with Gasteiger partial charge in [-0.2, -0.15) is 0 Å². The van der Waals surface area contributed by atoms with Crippen molar-refractivity contribution in [3.05, 3.63) is 0 Å². The van der Waals surface area contributed by atoms with Gasteiger partial charge in [-0.1, -0.05) is 0 Å². The fourth-order valence-electron chi connectivity index (χ4n) is 3.27. The molecular formula is C13H30N3+3. The van der Waals surface area contributed by atoms with Gasteiger partial charge in [0, 0.05) is 6.42 Å². The first-order valence-corrected chi connectivity index (χ1v) is 7.39. The van der Waals surface area contributed by atoms with Gasteiger partial charge in [-0.05, 0) is 26.2 Å². The quantitative estimate of drug-likeness (QED) is 0.469. The number of piperazine rings is 1. The second-order valence-corrected chi connectivity index (χ2v) is 5.69. The Bertz CT molecular complexity index is 180. The Kier molecular flexibility index (Phi) is 5.07. The smallest absolute Gasteiger partial charge is 0.135 e. The highest BCUT2D eigenvalue weighted by Gasteiger charge is 2.26. The molecule has 16 heavy (non-hydrogen) atoms. The van der Waals surface area contributed by atoms with E-state index in [1.54, 1.807) is 0 Å². The lowest BCUT2D eigenvalue weighted by Crippen LogP contribution is -3.29. The standard InChI is InChI=1S/C13H27N3/c1-2-15-8-10-16(11-9-15)12-13-6-4-3-5-7-14-13/h13-14H,2-12H2,1H3/p+3/t13-/m1/s1. The van der Waals surface area contributed by atoms with Crippen molar-refractivity contribution >= 4 is 0 Å². The molecule has 0 saturated carbocycles. The molecule has 2 saturated heterocycles. The van der Waals surface area contributed by atoms with Gasteiger partial charge in [0.25, 0.3) is 0 Å². The second-order valence-electron chi connectivity index (χ2n) is 5.69. The van der Waals surface area contributed by atoms with E-state index in [4.69, 9.17) is 0 Å². The molecule has 2 rings (SSSR count). The van der Waals surface area contributed by atoms with E-state index in [1.165, 1.54) is 71.5 Å². The highest BCUT2D eigenvalue weighted by Crippen LogP contribution is 2.02. The van der Waals surface area contributed by atoms with Gasteiger partial charge in [-0.15, -0.1) is 0 Å². The lowest BCUT2D eigenvalue weighted by atomic mass is 10.1. The van der Waals surface area contributed by atoms with Gasteiger partial charge in [0.2, 0.25) is 0 Å². The van der Waals surface area contributed by atoms with Crippen LogP contribution in [0.25, 0.3) is 0 Å². The first-order valence-electron chi connectivity index (χ1n) is 7.39. The van der Waals surface area contributed by atoms with Crippen LogP contribution in [0.2, 0.25) is 0 Å². The summed E-state index contributed by atoms with van der Waals surface area (Å²) in [5.74, 6) is 0. The average molecular weight is 228 g/mol. The van der Waals surface area contributed by atoms with Crippen LogP contribution in [0.4, 0.5) is 0 Å². The van der Waals surface area contributed by atoms with Crippen molar-refractivity contribution in [2.45, 2.75) is 38.6 Å². The Morgan fingerprint density at radius 2 is 1.75 bits per heavy atom. The van der Waals surface area contributed by atoms with Crippen molar-refractivity contribution in [3.63, 3.8) is 0 Å². The highest BCUT2D eigenvalue weighted by atomic mass is 15.3. The zero-order valence-electron chi connectivity index (χ0n) is 10.9. The van der Waals surface area contributed by atoms with Crippen LogP contribution < -0.4 is 15.1 Å². The number of nitrogens with two attached hydrogens (primary N) is 1. The predicted molar refractivity (Wildman–Crippen MR) is 65.8 cm³/mol. The van der Waals surface area contributed by atoms with Crippen LogP contribution in [0.15, 0.2) is 0 Å². The molecular weight excluding hydrogens is 198 g/mol. The molecule has 0 aromatic heterocycles. The number of nitrogens with one attached hydrogen (secondary N) is 2. The van der Waals surface area contributed by atoms with Gasteiger partial charge < -0.3 is 15.1 Å². The van der Waals surface area contributed by atoms with E-state index in [9.17, 15) is 0 Å². The second kappa shape index (κ2) is 6.58. The van der Waals surface area contributed by atoms with E-state index in [2.05, 4.69) is 12.2 Å². The first kappa shape index (κ1) is 12.3. The zero-order chi connectivity index (χ0) is 11.2. The number of likely N-dealkylation sites (N-methyl/N-ethyl adjacent to an activating group) is 1. The van der Waals surface area contributed by atoms with Crippen molar-refractivity contribution in [1.29, 1.82) is 0 Å². The summed E-state index contributed by atoms with van der Waals surface area (Å²) in [5, 5.41) is 2.62. The Morgan fingerprint density at radius 3 is 2.50 bits per heavy atom. The summed E-state index contributed by atoms with van der Waals surface area (Å²) in [7, 11) is 0. The third-order valence-electron chi connectivity index (χ3n) is 4.49. The van der Waals surface area contributed by atoms with Crippen LogP contribution in [-0.2, 0) is 0 Å². The summed E-state index contributed by atoms with van der Waals surface area (Å²) in [4.78, 5) is 3.69.